The van der Waals surface area contributed by atoms with E-state index in [1.165, 1.54) is 52.1 Å². The molecule has 1 N–H and O–H groups in total. The van der Waals surface area contributed by atoms with E-state index in [4.69, 9.17) is 9.97 Å². The summed E-state index contributed by atoms with van der Waals surface area (Å²) >= 11 is 0. The number of benzene rings is 1. The Kier molecular flexibility index (Phi) is 5.13. The van der Waals surface area contributed by atoms with Crippen molar-refractivity contribution in [3.8, 4) is 0 Å². The van der Waals surface area contributed by atoms with E-state index in [0.29, 0.717) is 5.92 Å². The maximum Gasteiger partial charge on any atom is 0.137 e. The third-order valence-electron chi connectivity index (χ3n) is 5.42. The summed E-state index contributed by atoms with van der Waals surface area (Å²) < 4.78 is 0. The van der Waals surface area contributed by atoms with Gasteiger partial charge in [0, 0.05) is 44.0 Å². The minimum absolute atomic E-state index is 0.583. The number of likely N-dealkylation sites (N-methyl/N-ethyl adjacent to an activating group) is 1. The molecule has 0 unspecified atom stereocenters. The zero-order chi connectivity index (χ0) is 17.1. The van der Waals surface area contributed by atoms with Crippen molar-refractivity contribution in [2.45, 2.75) is 32.1 Å². The molecule has 5 heteroatoms. The Labute approximate surface area is 150 Å². The number of rotatable bonds is 7. The Bertz CT molecular complexity index is 704. The summed E-state index contributed by atoms with van der Waals surface area (Å²) in [4.78, 5) is 14.7. The molecule has 0 spiro atoms. The van der Waals surface area contributed by atoms with Crippen LogP contribution in [0, 0.1) is 0 Å². The molecule has 2 aromatic rings. The van der Waals surface area contributed by atoms with Crippen LogP contribution in [0.1, 0.15) is 37.9 Å². The van der Waals surface area contributed by atoms with Crippen LogP contribution in [0.2, 0.25) is 0 Å². The fourth-order valence-electron chi connectivity index (χ4n) is 3.59. The minimum Gasteiger partial charge on any atom is -0.369 e. The van der Waals surface area contributed by atoms with Crippen LogP contribution in [0.15, 0.2) is 24.3 Å². The summed E-state index contributed by atoms with van der Waals surface area (Å²) in [6.45, 7) is 10.4. The van der Waals surface area contributed by atoms with Crippen LogP contribution in [0.3, 0.4) is 0 Å². The Morgan fingerprint density at radius 1 is 1.04 bits per heavy atom. The lowest BCUT2D eigenvalue weighted by Crippen LogP contribution is -2.46. The van der Waals surface area contributed by atoms with Gasteiger partial charge in [-0.1, -0.05) is 19.1 Å². The predicted octanol–water partition coefficient (Wildman–Crippen LogP) is 2.95. The lowest BCUT2D eigenvalue weighted by Gasteiger charge is -2.34. The summed E-state index contributed by atoms with van der Waals surface area (Å²) in [5, 5.41) is 4.72. The summed E-state index contributed by atoms with van der Waals surface area (Å²) in [7, 11) is 0. The fraction of sp³-hybridized carbons (Fsp3) is 0.600. The molecule has 1 saturated carbocycles. The largest absolute Gasteiger partial charge is 0.369 e. The molecule has 134 valence electrons. The van der Waals surface area contributed by atoms with Crippen LogP contribution in [0.5, 0.6) is 0 Å². The number of anilines is 1. The van der Waals surface area contributed by atoms with Crippen molar-refractivity contribution in [1.29, 1.82) is 0 Å². The number of hydrogen-bond donors (Lipinski definition) is 1. The number of aromatic nitrogens is 2. The van der Waals surface area contributed by atoms with Gasteiger partial charge in [0.2, 0.25) is 0 Å². The van der Waals surface area contributed by atoms with Gasteiger partial charge in [0.15, 0.2) is 0 Å². The van der Waals surface area contributed by atoms with Crippen LogP contribution in [-0.2, 0) is 0 Å². The molecule has 4 rings (SSSR count). The van der Waals surface area contributed by atoms with Crippen LogP contribution < -0.4 is 5.32 Å². The first kappa shape index (κ1) is 16.7. The molecule has 2 aliphatic rings. The molecule has 2 fully saturated rings. The van der Waals surface area contributed by atoms with E-state index in [-0.39, 0.29) is 0 Å². The number of hydrogen-bond acceptors (Lipinski definition) is 5. The van der Waals surface area contributed by atoms with E-state index in [1.54, 1.807) is 0 Å². The lowest BCUT2D eigenvalue weighted by atomic mass is 10.2. The van der Waals surface area contributed by atoms with Gasteiger partial charge in [0.25, 0.3) is 0 Å². The molecule has 1 aromatic carbocycles. The first-order valence-corrected chi connectivity index (χ1v) is 9.78. The Balaban J connectivity index is 1.33. The van der Waals surface area contributed by atoms with Gasteiger partial charge in [0.05, 0.1) is 5.52 Å². The van der Waals surface area contributed by atoms with E-state index < -0.39 is 0 Å². The molecule has 2 heterocycles. The minimum atomic E-state index is 0.583. The van der Waals surface area contributed by atoms with E-state index in [2.05, 4.69) is 46.3 Å². The first-order chi connectivity index (χ1) is 12.3. The zero-order valence-corrected chi connectivity index (χ0v) is 15.2. The topological polar surface area (TPSA) is 44.3 Å². The molecular weight excluding hydrogens is 310 g/mol. The maximum absolute atomic E-state index is 4.83. The van der Waals surface area contributed by atoms with Gasteiger partial charge >= 0.3 is 0 Å². The van der Waals surface area contributed by atoms with Crippen molar-refractivity contribution in [1.82, 2.24) is 19.8 Å². The van der Waals surface area contributed by atoms with Gasteiger partial charge < -0.3 is 15.1 Å². The van der Waals surface area contributed by atoms with E-state index in [0.717, 1.165) is 35.5 Å². The zero-order valence-electron chi connectivity index (χ0n) is 15.2. The molecule has 1 aliphatic heterocycles. The predicted molar refractivity (Wildman–Crippen MR) is 103 cm³/mol. The maximum atomic E-state index is 4.83. The molecule has 0 atom stereocenters. The number of nitrogens with one attached hydrogen (secondary N) is 1. The molecule has 0 bridgehead atoms. The average Bonchev–Trinajstić information content (AvgIpc) is 3.50. The molecule has 5 nitrogen and oxygen atoms in total. The summed E-state index contributed by atoms with van der Waals surface area (Å²) in [6, 6.07) is 8.35. The highest BCUT2D eigenvalue weighted by atomic mass is 15.3. The average molecular weight is 339 g/mol. The molecule has 0 amide bonds. The van der Waals surface area contributed by atoms with Crippen LogP contribution in [0.4, 0.5) is 5.82 Å². The SMILES string of the molecule is CCN1CCN(CCCNc2nc(C3CC3)nc3ccccc23)CC1. The number of para-hydroxylation sites is 1. The third-order valence-corrected chi connectivity index (χ3v) is 5.42. The standard InChI is InChI=1S/C20H29N5/c1-2-24-12-14-25(15-13-24)11-5-10-21-20-17-6-3-4-7-18(17)22-19(23-20)16-8-9-16/h3-4,6-7,16H,2,5,8-15H2,1H3,(H,21,22,23). The summed E-state index contributed by atoms with van der Waals surface area (Å²) in [6.07, 6.45) is 3.63. The normalized spacial score (nSPS) is 19.4. The van der Waals surface area contributed by atoms with Gasteiger partial charge in [-0.05, 0) is 44.5 Å². The van der Waals surface area contributed by atoms with Gasteiger partial charge in [0.1, 0.15) is 11.6 Å². The van der Waals surface area contributed by atoms with E-state index in [9.17, 15) is 0 Å². The highest BCUT2D eigenvalue weighted by Crippen LogP contribution is 2.39. The van der Waals surface area contributed by atoms with Gasteiger partial charge in [-0.2, -0.15) is 0 Å². The quantitative estimate of drug-likeness (QED) is 0.786. The van der Waals surface area contributed by atoms with Crippen molar-refractivity contribution in [2.24, 2.45) is 0 Å². The highest BCUT2D eigenvalue weighted by molar-refractivity contribution is 5.89. The second-order valence-electron chi connectivity index (χ2n) is 7.28. The molecule has 25 heavy (non-hydrogen) atoms. The van der Waals surface area contributed by atoms with Crippen molar-refractivity contribution in [2.75, 3.05) is 51.1 Å². The third kappa shape index (κ3) is 4.10. The summed E-state index contributed by atoms with van der Waals surface area (Å²) in [5.41, 5.74) is 1.07. The first-order valence-electron chi connectivity index (χ1n) is 9.78. The van der Waals surface area contributed by atoms with Crippen molar-refractivity contribution in [3.05, 3.63) is 30.1 Å². The molecule has 1 aliphatic carbocycles. The van der Waals surface area contributed by atoms with Gasteiger partial charge in [-0.25, -0.2) is 9.97 Å². The second kappa shape index (κ2) is 7.67. The van der Waals surface area contributed by atoms with Crippen LogP contribution in [-0.4, -0.2) is 65.6 Å². The van der Waals surface area contributed by atoms with Crippen molar-refractivity contribution >= 4 is 16.7 Å². The summed E-state index contributed by atoms with van der Waals surface area (Å²) in [5.74, 6) is 2.63. The van der Waals surface area contributed by atoms with Crippen LogP contribution >= 0.6 is 0 Å². The number of piperazine rings is 1. The van der Waals surface area contributed by atoms with Crippen molar-refractivity contribution in [3.63, 3.8) is 0 Å². The Morgan fingerprint density at radius 3 is 2.56 bits per heavy atom. The number of fused-ring (bicyclic) bond motifs is 1. The van der Waals surface area contributed by atoms with E-state index >= 15 is 0 Å². The van der Waals surface area contributed by atoms with Crippen LogP contribution in [0.25, 0.3) is 10.9 Å². The number of nitrogens with zero attached hydrogens (tertiary/aromatic N) is 4. The fourth-order valence-corrected chi connectivity index (χ4v) is 3.59. The molecule has 0 radical (unpaired) electrons. The van der Waals surface area contributed by atoms with Gasteiger partial charge in [-0.3, -0.25) is 0 Å². The smallest absolute Gasteiger partial charge is 0.137 e. The molecule has 1 aromatic heterocycles. The monoisotopic (exact) mass is 339 g/mol. The molecular formula is C20H29N5. The van der Waals surface area contributed by atoms with E-state index in [1.807, 2.05) is 0 Å². The lowest BCUT2D eigenvalue weighted by molar-refractivity contribution is 0.137. The highest BCUT2D eigenvalue weighted by Gasteiger charge is 2.27. The second-order valence-corrected chi connectivity index (χ2v) is 7.28. The molecule has 1 saturated heterocycles. The Hall–Kier alpha value is -1.72. The van der Waals surface area contributed by atoms with Gasteiger partial charge in [-0.15, -0.1) is 0 Å². The van der Waals surface area contributed by atoms with Crippen molar-refractivity contribution < 1.29 is 0 Å². The Morgan fingerprint density at radius 2 is 1.80 bits per heavy atom.